The Hall–Kier alpha value is -2.44. The second kappa shape index (κ2) is 8.71. The van der Waals surface area contributed by atoms with Gasteiger partial charge < -0.3 is 15.6 Å². The van der Waals surface area contributed by atoms with Crippen LogP contribution in [0.3, 0.4) is 0 Å². The highest BCUT2D eigenvalue weighted by atomic mass is 32.1. The Kier molecular flexibility index (Phi) is 5.88. The number of aromatic amines is 1. The molecule has 0 amide bonds. The lowest BCUT2D eigenvalue weighted by Crippen LogP contribution is -2.44. The van der Waals surface area contributed by atoms with E-state index in [4.69, 9.17) is 12.2 Å². The molecule has 0 radical (unpaired) electrons. The maximum atomic E-state index is 5.66. The first-order valence-corrected chi connectivity index (χ1v) is 10.4. The van der Waals surface area contributed by atoms with Crippen LogP contribution in [0.5, 0.6) is 0 Å². The fourth-order valence-corrected chi connectivity index (χ4v) is 4.27. The molecule has 2 heterocycles. The van der Waals surface area contributed by atoms with Crippen LogP contribution in [-0.2, 0) is 0 Å². The van der Waals surface area contributed by atoms with Crippen LogP contribution in [0.25, 0.3) is 11.0 Å². The van der Waals surface area contributed by atoms with Gasteiger partial charge in [0.1, 0.15) is 0 Å². The number of nitrogens with one attached hydrogen (secondary N) is 3. The van der Waals surface area contributed by atoms with Crippen LogP contribution in [0.4, 0.5) is 0 Å². The number of benzene rings is 2. The molecule has 3 aromatic rings. The summed E-state index contributed by atoms with van der Waals surface area (Å²) in [6, 6.07) is 17.3. The van der Waals surface area contributed by atoms with E-state index in [0.717, 1.165) is 29.7 Å². The summed E-state index contributed by atoms with van der Waals surface area (Å²) in [6.07, 6.45) is 4.24. The molecular weight excluding hydrogens is 366 g/mol. The summed E-state index contributed by atoms with van der Waals surface area (Å²) in [4.78, 5) is 10.0. The summed E-state index contributed by atoms with van der Waals surface area (Å²) in [5, 5.41) is 7.68. The zero-order chi connectivity index (χ0) is 19.3. The number of likely N-dealkylation sites (N-methyl/N-ethyl adjacent to an activating group) is 1. The highest BCUT2D eigenvalue weighted by Gasteiger charge is 2.23. The molecule has 2 atom stereocenters. The van der Waals surface area contributed by atoms with Gasteiger partial charge in [-0.1, -0.05) is 43.3 Å². The van der Waals surface area contributed by atoms with Gasteiger partial charge in [-0.3, -0.25) is 4.90 Å². The molecule has 28 heavy (non-hydrogen) atoms. The summed E-state index contributed by atoms with van der Waals surface area (Å²) < 4.78 is 0. The summed E-state index contributed by atoms with van der Waals surface area (Å²) >= 11 is 5.66. The van der Waals surface area contributed by atoms with Gasteiger partial charge in [-0.05, 0) is 61.4 Å². The van der Waals surface area contributed by atoms with Crippen LogP contribution in [0.15, 0.2) is 54.9 Å². The molecule has 1 fully saturated rings. The number of hydrogen-bond acceptors (Lipinski definition) is 3. The standard InChI is InChI=1S/C22H27N5S/c1-2-27-12-6-9-18(27)14-23-22(28)26-21(16-7-4-3-5-8-16)17-10-11-19-20(13-17)25-15-24-19/h3-5,7-8,10-11,13,15,18,21H,2,6,9,12,14H2,1H3,(H,24,25)(H2,23,26,28)/t18-,21+/m0/s1. The van der Waals surface area contributed by atoms with Crippen LogP contribution in [-0.4, -0.2) is 45.7 Å². The third kappa shape index (κ3) is 4.18. The van der Waals surface area contributed by atoms with E-state index in [9.17, 15) is 0 Å². The van der Waals surface area contributed by atoms with Gasteiger partial charge in [0.25, 0.3) is 0 Å². The molecular formula is C22H27N5S. The molecule has 146 valence electrons. The summed E-state index contributed by atoms with van der Waals surface area (Å²) in [5.74, 6) is 0. The van der Waals surface area contributed by atoms with E-state index in [1.165, 1.54) is 24.9 Å². The van der Waals surface area contributed by atoms with Crippen molar-refractivity contribution in [3.05, 3.63) is 66.0 Å². The Bertz CT molecular complexity index is 923. The fraction of sp³-hybridized carbons (Fsp3) is 0.364. The molecule has 1 aliphatic rings. The number of thiocarbonyl (C=S) groups is 1. The number of rotatable bonds is 6. The second-order valence-corrected chi connectivity index (χ2v) is 7.71. The van der Waals surface area contributed by atoms with Crippen molar-refractivity contribution in [3.63, 3.8) is 0 Å². The van der Waals surface area contributed by atoms with Crippen molar-refractivity contribution in [1.82, 2.24) is 25.5 Å². The van der Waals surface area contributed by atoms with Gasteiger partial charge in [0.15, 0.2) is 5.11 Å². The van der Waals surface area contributed by atoms with E-state index in [-0.39, 0.29) is 6.04 Å². The van der Waals surface area contributed by atoms with E-state index in [1.54, 1.807) is 6.33 Å². The monoisotopic (exact) mass is 393 g/mol. The van der Waals surface area contributed by atoms with E-state index in [2.05, 4.69) is 68.8 Å². The topological polar surface area (TPSA) is 56.0 Å². The van der Waals surface area contributed by atoms with Gasteiger partial charge in [-0.15, -0.1) is 0 Å². The number of likely N-dealkylation sites (tertiary alicyclic amines) is 1. The zero-order valence-electron chi connectivity index (χ0n) is 16.2. The van der Waals surface area contributed by atoms with Crippen molar-refractivity contribution >= 4 is 28.4 Å². The normalized spacial score (nSPS) is 18.2. The molecule has 0 aliphatic carbocycles. The number of H-pyrrole nitrogens is 1. The molecule has 0 unspecified atom stereocenters. The van der Waals surface area contributed by atoms with Crippen LogP contribution in [0, 0.1) is 0 Å². The molecule has 0 spiro atoms. The Morgan fingerprint density at radius 2 is 2.11 bits per heavy atom. The molecule has 0 saturated carbocycles. The average Bonchev–Trinajstić information content (AvgIpc) is 3.39. The second-order valence-electron chi connectivity index (χ2n) is 7.30. The minimum atomic E-state index is -0.0141. The molecule has 1 aromatic heterocycles. The number of hydrogen-bond donors (Lipinski definition) is 3. The van der Waals surface area contributed by atoms with Crippen molar-refractivity contribution in [2.24, 2.45) is 0 Å². The number of imidazole rings is 1. The van der Waals surface area contributed by atoms with Crippen molar-refractivity contribution < 1.29 is 0 Å². The largest absolute Gasteiger partial charge is 0.361 e. The van der Waals surface area contributed by atoms with Gasteiger partial charge in [-0.25, -0.2) is 4.98 Å². The molecule has 6 heteroatoms. The van der Waals surface area contributed by atoms with Gasteiger partial charge in [-0.2, -0.15) is 0 Å². The lowest BCUT2D eigenvalue weighted by molar-refractivity contribution is 0.267. The van der Waals surface area contributed by atoms with Crippen molar-refractivity contribution in [2.45, 2.75) is 31.8 Å². The predicted octanol–water partition coefficient (Wildman–Crippen LogP) is 3.60. The lowest BCUT2D eigenvalue weighted by Gasteiger charge is -2.26. The maximum absolute atomic E-state index is 5.66. The first kappa shape index (κ1) is 18.9. The summed E-state index contributed by atoms with van der Waals surface area (Å²) in [5.41, 5.74) is 4.34. The minimum Gasteiger partial charge on any atom is -0.361 e. The smallest absolute Gasteiger partial charge is 0.167 e. The number of aromatic nitrogens is 2. The van der Waals surface area contributed by atoms with Gasteiger partial charge in [0.2, 0.25) is 0 Å². The van der Waals surface area contributed by atoms with E-state index >= 15 is 0 Å². The van der Waals surface area contributed by atoms with Crippen LogP contribution < -0.4 is 10.6 Å². The number of nitrogens with zero attached hydrogens (tertiary/aromatic N) is 2. The Labute approximate surface area is 171 Å². The molecule has 1 saturated heterocycles. The minimum absolute atomic E-state index is 0.0141. The molecule has 1 aliphatic heterocycles. The Morgan fingerprint density at radius 3 is 2.93 bits per heavy atom. The highest BCUT2D eigenvalue weighted by molar-refractivity contribution is 7.80. The molecule has 3 N–H and O–H groups in total. The SMILES string of the molecule is CCN1CCC[C@H]1CNC(=S)N[C@H](c1ccccc1)c1ccc2nc[nH]c2c1. The highest BCUT2D eigenvalue weighted by Crippen LogP contribution is 2.24. The predicted molar refractivity (Wildman–Crippen MR) is 118 cm³/mol. The van der Waals surface area contributed by atoms with Crippen molar-refractivity contribution in [1.29, 1.82) is 0 Å². The molecule has 0 bridgehead atoms. The zero-order valence-corrected chi connectivity index (χ0v) is 17.0. The molecule has 2 aromatic carbocycles. The van der Waals surface area contributed by atoms with E-state index in [0.29, 0.717) is 11.2 Å². The van der Waals surface area contributed by atoms with Gasteiger partial charge >= 0.3 is 0 Å². The Morgan fingerprint density at radius 1 is 1.25 bits per heavy atom. The summed E-state index contributed by atoms with van der Waals surface area (Å²) in [7, 11) is 0. The van der Waals surface area contributed by atoms with Crippen molar-refractivity contribution in [3.8, 4) is 0 Å². The van der Waals surface area contributed by atoms with Crippen LogP contribution in [0.1, 0.15) is 36.9 Å². The lowest BCUT2D eigenvalue weighted by atomic mass is 9.98. The summed E-state index contributed by atoms with van der Waals surface area (Å²) in [6.45, 7) is 5.41. The van der Waals surface area contributed by atoms with Crippen molar-refractivity contribution in [2.75, 3.05) is 19.6 Å². The third-order valence-electron chi connectivity index (χ3n) is 5.59. The molecule has 4 rings (SSSR count). The van der Waals surface area contributed by atoms with Crippen LogP contribution in [0.2, 0.25) is 0 Å². The number of fused-ring (bicyclic) bond motifs is 1. The first-order valence-electron chi connectivity index (χ1n) is 10.0. The fourth-order valence-electron chi connectivity index (χ4n) is 4.07. The van der Waals surface area contributed by atoms with E-state index < -0.39 is 0 Å². The maximum Gasteiger partial charge on any atom is 0.167 e. The van der Waals surface area contributed by atoms with Gasteiger partial charge in [0.05, 0.1) is 23.4 Å². The van der Waals surface area contributed by atoms with Crippen LogP contribution >= 0.6 is 12.2 Å². The Balaban J connectivity index is 1.50. The first-order chi connectivity index (χ1) is 13.7. The van der Waals surface area contributed by atoms with E-state index in [1.807, 2.05) is 12.1 Å². The molecule has 5 nitrogen and oxygen atoms in total. The average molecular weight is 394 g/mol. The quantitative estimate of drug-likeness (QED) is 0.559. The third-order valence-corrected chi connectivity index (χ3v) is 5.85. The van der Waals surface area contributed by atoms with Gasteiger partial charge in [0, 0.05) is 12.6 Å².